The van der Waals surface area contributed by atoms with Crippen LogP contribution in [-0.4, -0.2) is 12.3 Å². The standard InChI is InChI=1S/C5H10ClOP/c1-5-2-3-8(6,7)4-5/h5H,2-4H2,1H3. The molecule has 1 aliphatic rings. The second kappa shape index (κ2) is 2.04. The molecule has 8 heavy (non-hydrogen) atoms. The molecule has 0 saturated carbocycles. The molecule has 1 rings (SSSR count). The van der Waals surface area contributed by atoms with Crippen LogP contribution in [0.1, 0.15) is 13.3 Å². The highest BCUT2D eigenvalue weighted by molar-refractivity contribution is 7.89. The Hall–Kier alpha value is 0.520. The maximum Gasteiger partial charge on any atom is 0.169 e. The largest absolute Gasteiger partial charge is 0.307 e. The Kier molecular flexibility index (Phi) is 1.69. The summed E-state index contributed by atoms with van der Waals surface area (Å²) in [6.07, 6.45) is 2.57. The summed E-state index contributed by atoms with van der Waals surface area (Å²) < 4.78 is 11.0. The topological polar surface area (TPSA) is 17.1 Å². The highest BCUT2D eigenvalue weighted by Gasteiger charge is 2.28. The third-order valence-electron chi connectivity index (χ3n) is 1.54. The molecule has 1 saturated heterocycles. The van der Waals surface area contributed by atoms with E-state index in [0.29, 0.717) is 5.92 Å². The average Bonchev–Trinajstić information content (AvgIpc) is 1.82. The first-order valence-electron chi connectivity index (χ1n) is 2.88. The van der Waals surface area contributed by atoms with E-state index in [1.54, 1.807) is 0 Å². The molecule has 0 aromatic rings. The second-order valence-corrected chi connectivity index (χ2v) is 6.83. The van der Waals surface area contributed by atoms with Gasteiger partial charge in [0.05, 0.1) is 0 Å². The first kappa shape index (κ1) is 6.64. The van der Waals surface area contributed by atoms with E-state index in [1.165, 1.54) is 0 Å². The predicted octanol–water partition coefficient (Wildman–Crippen LogP) is 2.54. The molecule has 0 aliphatic carbocycles. The molecule has 0 spiro atoms. The minimum atomic E-state index is -2.13. The number of rotatable bonds is 0. The van der Waals surface area contributed by atoms with Gasteiger partial charge in [0, 0.05) is 12.3 Å². The Labute approximate surface area is 54.6 Å². The maximum absolute atomic E-state index is 11.0. The van der Waals surface area contributed by atoms with Crippen molar-refractivity contribution in [2.45, 2.75) is 13.3 Å². The van der Waals surface area contributed by atoms with Gasteiger partial charge in [-0.1, -0.05) is 18.2 Å². The van der Waals surface area contributed by atoms with E-state index in [2.05, 4.69) is 6.92 Å². The lowest BCUT2D eigenvalue weighted by Crippen LogP contribution is -1.86. The molecule has 0 amide bonds. The van der Waals surface area contributed by atoms with Crippen molar-refractivity contribution in [1.29, 1.82) is 0 Å². The zero-order chi connectivity index (χ0) is 6.20. The molecule has 1 heterocycles. The minimum absolute atomic E-state index is 0.596. The van der Waals surface area contributed by atoms with Gasteiger partial charge in [0.15, 0.2) is 6.49 Å². The van der Waals surface area contributed by atoms with Gasteiger partial charge in [0.2, 0.25) is 0 Å². The fourth-order valence-corrected chi connectivity index (χ4v) is 4.18. The molecule has 0 aromatic heterocycles. The molecule has 0 radical (unpaired) electrons. The van der Waals surface area contributed by atoms with Crippen molar-refractivity contribution in [1.82, 2.24) is 0 Å². The summed E-state index contributed by atoms with van der Waals surface area (Å²) in [5.74, 6) is 0.596. The van der Waals surface area contributed by atoms with Gasteiger partial charge >= 0.3 is 0 Å². The molecule has 0 N–H and O–H groups in total. The van der Waals surface area contributed by atoms with Gasteiger partial charge in [-0.3, -0.25) is 0 Å². The van der Waals surface area contributed by atoms with Crippen molar-refractivity contribution >= 4 is 17.7 Å². The van der Waals surface area contributed by atoms with Gasteiger partial charge < -0.3 is 4.57 Å². The van der Waals surface area contributed by atoms with Crippen LogP contribution in [0.25, 0.3) is 0 Å². The Morgan fingerprint density at radius 2 is 2.38 bits per heavy atom. The second-order valence-electron chi connectivity index (χ2n) is 2.59. The predicted molar refractivity (Wildman–Crippen MR) is 37.0 cm³/mol. The molecule has 0 aromatic carbocycles. The molecular weight excluding hydrogens is 142 g/mol. The van der Waals surface area contributed by atoms with Crippen LogP contribution in [-0.2, 0) is 4.57 Å². The summed E-state index contributed by atoms with van der Waals surface area (Å²) in [4.78, 5) is 0. The zero-order valence-electron chi connectivity index (χ0n) is 4.93. The third kappa shape index (κ3) is 1.50. The Morgan fingerprint density at radius 3 is 2.50 bits per heavy atom. The third-order valence-corrected chi connectivity index (χ3v) is 4.56. The van der Waals surface area contributed by atoms with Gasteiger partial charge in [0.1, 0.15) is 0 Å². The van der Waals surface area contributed by atoms with Crippen molar-refractivity contribution in [3.63, 3.8) is 0 Å². The summed E-state index contributed by atoms with van der Waals surface area (Å²) in [5.41, 5.74) is 0. The van der Waals surface area contributed by atoms with E-state index in [-0.39, 0.29) is 0 Å². The Morgan fingerprint density at radius 1 is 1.75 bits per heavy atom. The first-order valence-corrected chi connectivity index (χ1v) is 5.86. The van der Waals surface area contributed by atoms with E-state index in [9.17, 15) is 4.57 Å². The molecule has 1 aliphatic heterocycles. The zero-order valence-corrected chi connectivity index (χ0v) is 6.58. The van der Waals surface area contributed by atoms with Gasteiger partial charge in [-0.05, 0) is 12.3 Å². The van der Waals surface area contributed by atoms with Crippen molar-refractivity contribution in [2.75, 3.05) is 12.3 Å². The lowest BCUT2D eigenvalue weighted by molar-refractivity contribution is 0.586. The SMILES string of the molecule is CC1CCP(=O)(Cl)C1. The van der Waals surface area contributed by atoms with Crippen LogP contribution < -0.4 is 0 Å². The highest BCUT2D eigenvalue weighted by atomic mass is 35.7. The molecular formula is C5H10ClOP. The minimum Gasteiger partial charge on any atom is -0.307 e. The van der Waals surface area contributed by atoms with Gasteiger partial charge in [-0.2, -0.15) is 0 Å². The van der Waals surface area contributed by atoms with E-state index >= 15 is 0 Å². The Bertz CT molecular complexity index is 134. The van der Waals surface area contributed by atoms with Crippen LogP contribution >= 0.6 is 17.7 Å². The average molecular weight is 153 g/mol. The van der Waals surface area contributed by atoms with Crippen molar-refractivity contribution in [3.8, 4) is 0 Å². The van der Waals surface area contributed by atoms with Crippen LogP contribution in [0.3, 0.4) is 0 Å². The van der Waals surface area contributed by atoms with Gasteiger partial charge in [-0.15, -0.1) is 0 Å². The number of hydrogen-bond acceptors (Lipinski definition) is 1. The highest BCUT2D eigenvalue weighted by Crippen LogP contribution is 2.58. The summed E-state index contributed by atoms with van der Waals surface area (Å²) in [6, 6.07) is 0. The Balaban J connectivity index is 2.57. The molecule has 2 atom stereocenters. The summed E-state index contributed by atoms with van der Waals surface area (Å²) in [7, 11) is 0. The monoisotopic (exact) mass is 152 g/mol. The van der Waals surface area contributed by atoms with Crippen molar-refractivity contribution < 1.29 is 4.57 Å². The van der Waals surface area contributed by atoms with Crippen molar-refractivity contribution in [2.24, 2.45) is 5.92 Å². The summed E-state index contributed by atoms with van der Waals surface area (Å²) in [6.45, 7) is -0.0279. The maximum atomic E-state index is 11.0. The van der Waals surface area contributed by atoms with Crippen LogP contribution in [0.15, 0.2) is 0 Å². The molecule has 1 nitrogen and oxygen atoms in total. The van der Waals surface area contributed by atoms with E-state index < -0.39 is 6.49 Å². The van der Waals surface area contributed by atoms with E-state index in [4.69, 9.17) is 11.2 Å². The number of halogens is 1. The smallest absolute Gasteiger partial charge is 0.169 e. The lowest BCUT2D eigenvalue weighted by Gasteiger charge is -1.96. The fraction of sp³-hybridized carbons (Fsp3) is 1.00. The molecule has 2 unspecified atom stereocenters. The van der Waals surface area contributed by atoms with Gasteiger partial charge in [-0.25, -0.2) is 0 Å². The summed E-state index contributed by atoms with van der Waals surface area (Å²) in [5, 5.41) is 0. The quantitative estimate of drug-likeness (QED) is 0.488. The van der Waals surface area contributed by atoms with Crippen LogP contribution in [0.5, 0.6) is 0 Å². The van der Waals surface area contributed by atoms with Crippen LogP contribution in [0, 0.1) is 5.92 Å². The molecule has 0 bridgehead atoms. The fourth-order valence-electron chi connectivity index (χ4n) is 1.06. The van der Waals surface area contributed by atoms with Crippen LogP contribution in [0.2, 0.25) is 0 Å². The normalized spacial score (nSPS) is 47.5. The molecule has 3 heteroatoms. The van der Waals surface area contributed by atoms with E-state index in [0.717, 1.165) is 18.7 Å². The van der Waals surface area contributed by atoms with E-state index in [1.807, 2.05) is 0 Å². The summed E-state index contributed by atoms with van der Waals surface area (Å²) >= 11 is 5.62. The van der Waals surface area contributed by atoms with Gasteiger partial charge in [0.25, 0.3) is 0 Å². The number of hydrogen-bond donors (Lipinski definition) is 0. The molecule has 1 fully saturated rings. The van der Waals surface area contributed by atoms with Crippen LogP contribution in [0.4, 0.5) is 0 Å². The van der Waals surface area contributed by atoms with Crippen molar-refractivity contribution in [3.05, 3.63) is 0 Å². The first-order chi connectivity index (χ1) is 3.60. The molecule has 48 valence electrons. The lowest BCUT2D eigenvalue weighted by atomic mass is 10.2.